The van der Waals surface area contributed by atoms with Crippen molar-refractivity contribution in [3.8, 4) is 5.75 Å². The van der Waals surface area contributed by atoms with Gasteiger partial charge in [-0.25, -0.2) is 4.39 Å². The summed E-state index contributed by atoms with van der Waals surface area (Å²) in [7, 11) is 0. The second kappa shape index (κ2) is 7.59. The van der Waals surface area contributed by atoms with Gasteiger partial charge in [0.2, 0.25) is 5.43 Å². The van der Waals surface area contributed by atoms with Gasteiger partial charge in [-0.05, 0) is 32.4 Å². The van der Waals surface area contributed by atoms with E-state index < -0.39 is 46.0 Å². The van der Waals surface area contributed by atoms with E-state index in [-0.39, 0.29) is 30.4 Å². The average Bonchev–Trinajstić information content (AvgIpc) is 2.83. The van der Waals surface area contributed by atoms with Crippen LogP contribution in [0.5, 0.6) is 5.75 Å². The predicted octanol–water partition coefficient (Wildman–Crippen LogP) is 1.64. The fraction of sp³-hybridized carbons (Fsp3) is 0.348. The second-order valence-corrected chi connectivity index (χ2v) is 8.55. The number of benzene rings is 1. The van der Waals surface area contributed by atoms with Gasteiger partial charge < -0.3 is 25.0 Å². The molecule has 3 atom stereocenters. The summed E-state index contributed by atoms with van der Waals surface area (Å²) < 4.78 is 15.4. The number of aromatic nitrogens is 1. The van der Waals surface area contributed by atoms with Gasteiger partial charge in [0.05, 0.1) is 6.04 Å². The van der Waals surface area contributed by atoms with Gasteiger partial charge in [-0.3, -0.25) is 14.4 Å². The van der Waals surface area contributed by atoms with Crippen molar-refractivity contribution in [2.45, 2.75) is 45.0 Å². The molecule has 2 aliphatic rings. The van der Waals surface area contributed by atoms with Crippen molar-refractivity contribution in [1.82, 2.24) is 14.8 Å². The molecule has 0 saturated carbocycles. The van der Waals surface area contributed by atoms with Crippen LogP contribution >= 0.6 is 0 Å². The highest BCUT2D eigenvalue weighted by atomic mass is 19.1. The molecular formula is C23H24FN3O5. The number of aromatic hydroxyl groups is 1. The van der Waals surface area contributed by atoms with Crippen molar-refractivity contribution in [3.05, 3.63) is 75.0 Å². The minimum Gasteiger partial charge on any atom is -0.503 e. The maximum absolute atomic E-state index is 14.1. The Morgan fingerprint density at radius 1 is 1.34 bits per heavy atom. The first kappa shape index (κ1) is 21.8. The van der Waals surface area contributed by atoms with E-state index in [1.54, 1.807) is 39.0 Å². The Morgan fingerprint density at radius 2 is 2.06 bits per heavy atom. The Hall–Kier alpha value is -3.46. The van der Waals surface area contributed by atoms with Gasteiger partial charge in [0.15, 0.2) is 11.4 Å². The lowest BCUT2D eigenvalue weighted by Gasteiger charge is -2.41. The lowest BCUT2D eigenvalue weighted by Crippen LogP contribution is -2.51. The van der Waals surface area contributed by atoms with Gasteiger partial charge in [0.1, 0.15) is 17.0 Å². The minimum atomic E-state index is -1.40. The van der Waals surface area contributed by atoms with Crippen molar-refractivity contribution in [1.29, 1.82) is 0 Å². The molecule has 168 valence electrons. The Balaban J connectivity index is 1.73. The van der Waals surface area contributed by atoms with Crippen molar-refractivity contribution < 1.29 is 24.2 Å². The molecule has 2 aromatic rings. The van der Waals surface area contributed by atoms with E-state index in [0.29, 0.717) is 0 Å². The number of carbonyl (C=O) groups is 2. The van der Waals surface area contributed by atoms with E-state index >= 15 is 0 Å². The fourth-order valence-corrected chi connectivity index (χ4v) is 4.17. The Bertz CT molecular complexity index is 1220. The lowest BCUT2D eigenvalue weighted by atomic mass is 9.93. The van der Waals surface area contributed by atoms with Crippen LogP contribution in [0.2, 0.25) is 0 Å². The highest BCUT2D eigenvalue weighted by Crippen LogP contribution is 2.36. The quantitative estimate of drug-likeness (QED) is 0.627. The molecule has 0 aliphatic carbocycles. The van der Waals surface area contributed by atoms with E-state index in [4.69, 9.17) is 0 Å². The molecule has 0 saturated heterocycles. The molecule has 9 heteroatoms. The van der Waals surface area contributed by atoms with Crippen LogP contribution in [0.4, 0.5) is 4.39 Å². The van der Waals surface area contributed by atoms with Crippen molar-refractivity contribution in [2.75, 3.05) is 6.54 Å². The first-order chi connectivity index (χ1) is 15.0. The van der Waals surface area contributed by atoms with Crippen molar-refractivity contribution in [3.63, 3.8) is 0 Å². The van der Waals surface area contributed by atoms with E-state index in [1.807, 2.05) is 0 Å². The van der Waals surface area contributed by atoms with Crippen LogP contribution in [-0.4, -0.2) is 49.7 Å². The summed E-state index contributed by atoms with van der Waals surface area (Å²) in [6.45, 7) is 5.03. The smallest absolute Gasteiger partial charge is 0.275 e. The van der Waals surface area contributed by atoms with Crippen LogP contribution in [0, 0.1) is 12.7 Å². The number of halogens is 1. The zero-order chi connectivity index (χ0) is 23.4. The van der Waals surface area contributed by atoms with Crippen LogP contribution in [-0.2, 0) is 6.54 Å². The average molecular weight is 441 g/mol. The molecule has 3 heterocycles. The normalized spacial score (nSPS) is 24.2. The van der Waals surface area contributed by atoms with Crippen LogP contribution in [0.3, 0.4) is 0 Å². The molecule has 8 nitrogen and oxygen atoms in total. The number of nitrogens with one attached hydrogen (secondary N) is 1. The monoisotopic (exact) mass is 441 g/mol. The molecule has 1 aromatic carbocycles. The summed E-state index contributed by atoms with van der Waals surface area (Å²) in [5.41, 5.74) is -2.12. The van der Waals surface area contributed by atoms with Gasteiger partial charge >= 0.3 is 0 Å². The molecule has 2 amide bonds. The standard InChI is InChI=1S/C23H24FN3O5/c1-12-4-5-14(16(24)8-12)9-25-21(30)15-10-27-17-11-26(13(2)6-7-23(17,3)32)22(31)18(27)20(29)19(15)28/h4-8,10,13,17,29,32H,9,11H2,1-3H3,(H,25,30)/t13-,17+,23-/m0/s1. The number of fused-ring (bicyclic) bond motifs is 4. The number of hydrogen-bond acceptors (Lipinski definition) is 5. The maximum atomic E-state index is 14.1. The number of nitrogens with zero attached hydrogens (tertiary/aromatic N) is 2. The summed E-state index contributed by atoms with van der Waals surface area (Å²) >= 11 is 0. The zero-order valence-electron chi connectivity index (χ0n) is 17.9. The minimum absolute atomic E-state index is 0.130. The molecule has 3 N–H and O–H groups in total. The number of rotatable bonds is 3. The van der Waals surface area contributed by atoms with Crippen LogP contribution in [0.1, 0.15) is 51.9 Å². The highest BCUT2D eigenvalue weighted by Gasteiger charge is 2.44. The first-order valence-corrected chi connectivity index (χ1v) is 10.3. The predicted molar refractivity (Wildman–Crippen MR) is 114 cm³/mol. The highest BCUT2D eigenvalue weighted by molar-refractivity contribution is 5.99. The number of pyridine rings is 1. The third-order valence-corrected chi connectivity index (χ3v) is 6.15. The zero-order valence-corrected chi connectivity index (χ0v) is 17.9. The number of carbonyl (C=O) groups excluding carboxylic acids is 2. The van der Waals surface area contributed by atoms with Gasteiger partial charge in [-0.15, -0.1) is 0 Å². The van der Waals surface area contributed by atoms with E-state index in [1.165, 1.54) is 27.8 Å². The Labute approximate surface area is 183 Å². The fourth-order valence-electron chi connectivity index (χ4n) is 4.17. The molecule has 0 spiro atoms. The lowest BCUT2D eigenvalue weighted by molar-refractivity contribution is 0.0205. The van der Waals surface area contributed by atoms with Crippen LogP contribution < -0.4 is 10.7 Å². The molecule has 4 rings (SSSR count). The topological polar surface area (TPSA) is 112 Å². The van der Waals surface area contributed by atoms with E-state index in [2.05, 4.69) is 5.32 Å². The van der Waals surface area contributed by atoms with Gasteiger partial charge in [0.25, 0.3) is 11.8 Å². The SMILES string of the molecule is Cc1ccc(CNC(=O)c2cn3c(c(O)c2=O)C(=O)N2C[C@@H]3[C@@](C)(O)C=C[C@@H]2C)c(F)c1. The van der Waals surface area contributed by atoms with Crippen LogP contribution in [0.15, 0.2) is 41.3 Å². The van der Waals surface area contributed by atoms with Gasteiger partial charge in [-0.2, -0.15) is 0 Å². The first-order valence-electron chi connectivity index (χ1n) is 10.3. The summed E-state index contributed by atoms with van der Waals surface area (Å²) in [5.74, 6) is -2.74. The summed E-state index contributed by atoms with van der Waals surface area (Å²) in [5, 5.41) is 24.0. The number of aliphatic hydroxyl groups is 1. The van der Waals surface area contributed by atoms with Crippen molar-refractivity contribution in [2.24, 2.45) is 0 Å². The van der Waals surface area contributed by atoms with E-state index in [9.17, 15) is 29.0 Å². The maximum Gasteiger partial charge on any atom is 0.275 e. The summed E-state index contributed by atoms with van der Waals surface area (Å²) in [6.07, 6.45) is 4.43. The third-order valence-electron chi connectivity index (χ3n) is 6.15. The third kappa shape index (κ3) is 3.48. The number of hydrogen-bond donors (Lipinski definition) is 3. The Morgan fingerprint density at radius 3 is 2.75 bits per heavy atom. The Kier molecular flexibility index (Phi) is 5.16. The molecule has 32 heavy (non-hydrogen) atoms. The molecule has 2 bridgehead atoms. The molecule has 0 unspecified atom stereocenters. The molecule has 0 fully saturated rings. The summed E-state index contributed by atoms with van der Waals surface area (Å²) in [6, 6.07) is 3.48. The largest absolute Gasteiger partial charge is 0.503 e. The molecule has 0 radical (unpaired) electrons. The van der Waals surface area contributed by atoms with Crippen LogP contribution in [0.25, 0.3) is 0 Å². The van der Waals surface area contributed by atoms with Gasteiger partial charge in [-0.1, -0.05) is 24.3 Å². The molecule has 2 aliphatic heterocycles. The van der Waals surface area contributed by atoms with Crippen molar-refractivity contribution >= 4 is 11.8 Å². The van der Waals surface area contributed by atoms with Gasteiger partial charge in [0, 0.05) is 30.9 Å². The second-order valence-electron chi connectivity index (χ2n) is 8.55. The molecule has 1 aromatic heterocycles. The molecular weight excluding hydrogens is 417 g/mol. The summed E-state index contributed by atoms with van der Waals surface area (Å²) in [4.78, 5) is 39.9. The number of amides is 2. The van der Waals surface area contributed by atoms with E-state index in [0.717, 1.165) is 5.56 Å². The number of aryl methyl sites for hydroxylation is 1.